The van der Waals surface area contributed by atoms with Crippen LogP contribution in [0.1, 0.15) is 64.2 Å². The fourth-order valence-corrected chi connectivity index (χ4v) is 11.2. The molecule has 0 aromatic heterocycles. The summed E-state index contributed by atoms with van der Waals surface area (Å²) >= 11 is 4.22. The van der Waals surface area contributed by atoms with Crippen LogP contribution in [-0.2, 0) is 18.4 Å². The number of rotatable bonds is 25. The molecule has 190 valence electrons. The van der Waals surface area contributed by atoms with Crippen LogP contribution in [-0.4, -0.2) is 65.1 Å². The molecule has 32 heavy (non-hydrogen) atoms. The molecule has 0 amide bonds. The number of fused-ring (bicyclic) bond motifs is 1. The Morgan fingerprint density at radius 3 is 2.56 bits per heavy atom. The van der Waals surface area contributed by atoms with Gasteiger partial charge in [0.05, 0.1) is 26.4 Å². The van der Waals surface area contributed by atoms with Gasteiger partial charge in [0.25, 0.3) is 0 Å². The first-order chi connectivity index (χ1) is 15.8. The Hall–Kier alpha value is 1.28. The summed E-state index contributed by atoms with van der Waals surface area (Å²) < 4.78 is 16.5. The maximum atomic E-state index is 8.95. The Bertz CT molecular complexity index is 517. The molecule has 0 aliphatic carbocycles. The molecule has 0 bridgehead atoms. The van der Waals surface area contributed by atoms with Gasteiger partial charge in [-0.2, -0.15) is 12.6 Å². The molecule has 3 rings (SSSR count). The quantitative estimate of drug-likeness (QED) is 0.0456. The normalized spacial score (nSPS) is 30.5. The molecule has 7 nitrogen and oxygen atoms in total. The van der Waals surface area contributed by atoms with Gasteiger partial charge in [0.15, 0.2) is 18.1 Å². The van der Waals surface area contributed by atoms with Crippen LogP contribution in [0.5, 0.6) is 0 Å². The van der Waals surface area contributed by atoms with Crippen LogP contribution in [0.2, 0.25) is 0 Å². The van der Waals surface area contributed by atoms with Crippen molar-refractivity contribution >= 4 is 40.7 Å². The van der Waals surface area contributed by atoms with Crippen molar-refractivity contribution in [3.8, 4) is 0 Å². The van der Waals surface area contributed by atoms with Crippen LogP contribution in [0, 0.1) is 5.92 Å². The van der Waals surface area contributed by atoms with Gasteiger partial charge < -0.3 is 18.5 Å². The molecule has 3 saturated heterocycles. The van der Waals surface area contributed by atoms with Gasteiger partial charge in [0, 0.05) is 28.2 Å². The summed E-state index contributed by atoms with van der Waals surface area (Å²) in [6.45, 7) is 3.55. The Kier molecular flexibility index (Phi) is 14.0. The van der Waals surface area contributed by atoms with E-state index in [-0.39, 0.29) is 25.0 Å². The van der Waals surface area contributed by atoms with Gasteiger partial charge in [-0.1, -0.05) is 19.3 Å². The monoisotopic (exact) mass is 530 g/mol. The molecular formula is C21H44N2O5P2S2. The van der Waals surface area contributed by atoms with Crippen LogP contribution < -0.4 is 11.0 Å². The first-order valence-electron chi connectivity index (χ1n) is 12.3. The van der Waals surface area contributed by atoms with Crippen LogP contribution in [0.3, 0.4) is 0 Å². The fourth-order valence-electron chi connectivity index (χ4n) is 4.68. The van der Waals surface area contributed by atoms with E-state index in [1.807, 2.05) is 0 Å². The van der Waals surface area contributed by atoms with Gasteiger partial charge in [-0.05, 0) is 56.5 Å². The molecule has 1 spiro atoms. The number of thiol groups is 1. The lowest BCUT2D eigenvalue weighted by molar-refractivity contribution is 0.00851. The Morgan fingerprint density at radius 1 is 0.969 bits per heavy atom. The number of hydrogen-bond acceptors (Lipinski definition) is 8. The van der Waals surface area contributed by atoms with Crippen molar-refractivity contribution in [2.45, 2.75) is 80.0 Å². The number of hydrogen-bond donors (Lipinski definition) is 4. The molecule has 7 atom stereocenters. The predicted molar refractivity (Wildman–Crippen MR) is 141 cm³/mol. The molecule has 3 heterocycles. The highest BCUT2D eigenvalue weighted by Gasteiger charge is 2.93. The highest BCUT2D eigenvalue weighted by molar-refractivity contribution is 8.54. The van der Waals surface area contributed by atoms with Crippen LogP contribution in [0.25, 0.3) is 0 Å². The molecule has 0 radical (unpaired) electrons. The smallest absolute Gasteiger partial charge is 0.155 e. The lowest BCUT2D eigenvalue weighted by atomic mass is 10.0. The van der Waals surface area contributed by atoms with Gasteiger partial charge in [0.2, 0.25) is 0 Å². The van der Waals surface area contributed by atoms with E-state index in [1.54, 1.807) is 5.75 Å². The molecular weight excluding hydrogens is 486 g/mol. The number of nitrogens with one attached hydrogen (secondary N) is 2. The lowest BCUT2D eigenvalue weighted by Gasteiger charge is -2.16. The fraction of sp³-hybridized carbons (Fsp3) is 1.00. The van der Waals surface area contributed by atoms with Gasteiger partial charge in [0.1, 0.15) is 0 Å². The zero-order valence-corrected chi connectivity index (χ0v) is 23.0. The SMILES string of the molecule is OPOCC(CCCCNNOCCCCC1C2C3CS132)COPOCCCCCCS. The maximum absolute atomic E-state index is 8.95. The molecule has 3 aliphatic rings. The summed E-state index contributed by atoms with van der Waals surface area (Å²) in [5.41, 5.74) is 6.00. The number of hydrazine groups is 1. The second-order valence-corrected chi connectivity index (χ2v) is 14.7. The average Bonchev–Trinajstić information content (AvgIpc) is 3.73. The van der Waals surface area contributed by atoms with E-state index >= 15 is 0 Å². The molecule has 3 aliphatic heterocycles. The minimum absolute atomic E-state index is 0.0814. The molecule has 7 unspecified atom stereocenters. The molecule has 0 saturated carbocycles. The van der Waals surface area contributed by atoms with Crippen molar-refractivity contribution in [2.24, 2.45) is 5.92 Å². The summed E-state index contributed by atoms with van der Waals surface area (Å²) in [4.78, 5) is 14.4. The van der Waals surface area contributed by atoms with E-state index in [9.17, 15) is 0 Å². The largest absolute Gasteiger partial charge is 0.352 e. The van der Waals surface area contributed by atoms with Crippen LogP contribution in [0.15, 0.2) is 0 Å². The zero-order valence-electron chi connectivity index (χ0n) is 19.3. The predicted octanol–water partition coefficient (Wildman–Crippen LogP) is 4.47. The molecule has 11 heteroatoms. The molecule has 3 fully saturated rings. The first kappa shape index (κ1) is 27.9. The summed E-state index contributed by atoms with van der Waals surface area (Å²) in [5, 5.41) is 3.70. The van der Waals surface area contributed by atoms with Gasteiger partial charge in [-0.15, -0.1) is 5.59 Å². The Morgan fingerprint density at radius 2 is 1.78 bits per heavy atom. The minimum Gasteiger partial charge on any atom is -0.352 e. The summed E-state index contributed by atoms with van der Waals surface area (Å²) in [6.07, 6.45) is 11.7. The number of unbranched alkanes of at least 4 members (excludes halogenated alkanes) is 5. The average molecular weight is 531 g/mol. The van der Waals surface area contributed by atoms with Gasteiger partial charge in [-0.3, -0.25) is 4.84 Å². The van der Waals surface area contributed by atoms with E-state index in [0.29, 0.717) is 13.2 Å². The van der Waals surface area contributed by atoms with Crippen molar-refractivity contribution in [1.29, 1.82) is 0 Å². The van der Waals surface area contributed by atoms with Crippen molar-refractivity contribution in [3.05, 3.63) is 0 Å². The van der Waals surface area contributed by atoms with E-state index in [4.69, 9.17) is 23.3 Å². The zero-order chi connectivity index (χ0) is 22.5. The molecule has 3 N–H and O–H groups in total. The van der Waals surface area contributed by atoms with Crippen LogP contribution in [0.4, 0.5) is 0 Å². The Balaban J connectivity index is 1.04. The van der Waals surface area contributed by atoms with E-state index in [0.717, 1.165) is 57.6 Å². The lowest BCUT2D eigenvalue weighted by Crippen LogP contribution is -2.33. The summed E-state index contributed by atoms with van der Waals surface area (Å²) in [7, 11) is -0.247. The molecule has 0 aromatic rings. The van der Waals surface area contributed by atoms with Gasteiger partial charge in [-0.25, -0.2) is 15.5 Å². The topological polar surface area (TPSA) is 81.2 Å². The molecule has 0 aromatic carbocycles. The summed E-state index contributed by atoms with van der Waals surface area (Å²) in [6, 6.07) is 0. The minimum atomic E-state index is -0.465. The second-order valence-electron chi connectivity index (χ2n) is 9.13. The third-order valence-corrected chi connectivity index (χ3v) is 12.8. The standard InChI is InChI=1S/C21H44N2O5P2S2/c24-29-27-15-18(16-28-30-26-13-6-1-2-8-14-31)9-3-5-11-22-23-25-12-7-4-10-19-21-20-17-32(19,20)21/h18-24,29-31H,1-17H2. The van der Waals surface area contributed by atoms with Crippen molar-refractivity contribution in [2.75, 3.05) is 44.5 Å². The van der Waals surface area contributed by atoms with E-state index in [2.05, 4.69) is 23.6 Å². The third kappa shape index (κ3) is 9.39. The van der Waals surface area contributed by atoms with Crippen molar-refractivity contribution in [3.63, 3.8) is 0 Å². The van der Waals surface area contributed by atoms with Crippen molar-refractivity contribution in [1.82, 2.24) is 11.0 Å². The van der Waals surface area contributed by atoms with Crippen molar-refractivity contribution < 1.29 is 23.3 Å². The highest BCUT2D eigenvalue weighted by atomic mass is 32.3. The maximum Gasteiger partial charge on any atom is 0.155 e. The first-order valence-corrected chi connectivity index (χ1v) is 16.6. The summed E-state index contributed by atoms with van der Waals surface area (Å²) in [5.74, 6) is 2.89. The van der Waals surface area contributed by atoms with E-state index < -0.39 is 9.03 Å². The second kappa shape index (κ2) is 16.1. The van der Waals surface area contributed by atoms with Gasteiger partial charge >= 0.3 is 0 Å². The highest BCUT2D eigenvalue weighted by Crippen LogP contribution is 3.09. The van der Waals surface area contributed by atoms with E-state index in [1.165, 1.54) is 47.9 Å². The third-order valence-electron chi connectivity index (χ3n) is 6.82. The Labute approximate surface area is 205 Å². The van der Waals surface area contributed by atoms with Crippen LogP contribution >= 0.6 is 40.7 Å².